The molecule has 0 aliphatic carbocycles. The van der Waals surface area contributed by atoms with E-state index in [2.05, 4.69) is 21.2 Å². The van der Waals surface area contributed by atoms with Gasteiger partial charge in [0.1, 0.15) is 5.82 Å². The van der Waals surface area contributed by atoms with E-state index in [-0.39, 0.29) is 24.4 Å². The number of carboxylic acids is 1. The first-order valence-electron chi connectivity index (χ1n) is 5.34. The van der Waals surface area contributed by atoms with Crippen LogP contribution in [0.15, 0.2) is 22.7 Å². The van der Waals surface area contributed by atoms with Crippen molar-refractivity contribution in [3.05, 3.63) is 34.1 Å². The van der Waals surface area contributed by atoms with Crippen molar-refractivity contribution in [2.45, 2.75) is 13.3 Å². The number of aliphatic carboxylic acids is 1. The summed E-state index contributed by atoms with van der Waals surface area (Å²) in [6.45, 7) is 1.95. The fourth-order valence-corrected chi connectivity index (χ4v) is 1.89. The molecule has 2 N–H and O–H groups in total. The zero-order valence-corrected chi connectivity index (χ0v) is 11.3. The van der Waals surface area contributed by atoms with Crippen LogP contribution in [-0.4, -0.2) is 23.5 Å². The van der Waals surface area contributed by atoms with Crippen LogP contribution in [-0.2, 0) is 4.79 Å². The van der Waals surface area contributed by atoms with E-state index in [0.717, 1.165) is 6.07 Å². The minimum absolute atomic E-state index is 0.0207. The molecule has 6 heteroatoms. The smallest absolute Gasteiger partial charge is 0.303 e. The second-order valence-corrected chi connectivity index (χ2v) is 4.99. The Morgan fingerprint density at radius 2 is 2.11 bits per heavy atom. The molecule has 1 aromatic rings. The second kappa shape index (κ2) is 6.49. The summed E-state index contributed by atoms with van der Waals surface area (Å²) in [5, 5.41) is 11.1. The van der Waals surface area contributed by atoms with Gasteiger partial charge in [0, 0.05) is 23.0 Å². The highest BCUT2D eigenvalue weighted by Crippen LogP contribution is 2.14. The maximum Gasteiger partial charge on any atom is 0.303 e. The number of amides is 1. The number of nitrogens with one attached hydrogen (secondary N) is 1. The zero-order valence-electron chi connectivity index (χ0n) is 9.74. The van der Waals surface area contributed by atoms with E-state index in [1.54, 1.807) is 6.92 Å². The monoisotopic (exact) mass is 317 g/mol. The third-order valence-electron chi connectivity index (χ3n) is 2.26. The van der Waals surface area contributed by atoms with Crippen LogP contribution in [0, 0.1) is 11.7 Å². The Bertz CT molecular complexity index is 444. The maximum atomic E-state index is 13.1. The van der Waals surface area contributed by atoms with Crippen LogP contribution in [0.5, 0.6) is 0 Å². The van der Waals surface area contributed by atoms with Gasteiger partial charge in [0.15, 0.2) is 0 Å². The summed E-state index contributed by atoms with van der Waals surface area (Å²) in [7, 11) is 0. The van der Waals surface area contributed by atoms with Gasteiger partial charge in [-0.25, -0.2) is 4.39 Å². The number of carbonyl (C=O) groups is 2. The van der Waals surface area contributed by atoms with E-state index in [4.69, 9.17) is 5.11 Å². The molecule has 18 heavy (non-hydrogen) atoms. The van der Waals surface area contributed by atoms with Crippen LogP contribution in [0.4, 0.5) is 4.39 Å². The first-order valence-corrected chi connectivity index (χ1v) is 6.14. The van der Waals surface area contributed by atoms with Gasteiger partial charge < -0.3 is 10.4 Å². The molecule has 0 heterocycles. The van der Waals surface area contributed by atoms with Crippen LogP contribution >= 0.6 is 15.9 Å². The molecule has 0 aliphatic heterocycles. The molecule has 1 unspecified atom stereocenters. The summed E-state index contributed by atoms with van der Waals surface area (Å²) < 4.78 is 13.5. The van der Waals surface area contributed by atoms with Crippen LogP contribution in [0.2, 0.25) is 0 Å². The van der Waals surface area contributed by atoms with E-state index in [0.29, 0.717) is 4.47 Å². The number of carboxylic acid groups (broad SMARTS) is 1. The molecule has 1 aromatic carbocycles. The van der Waals surface area contributed by atoms with Gasteiger partial charge in [-0.15, -0.1) is 0 Å². The largest absolute Gasteiger partial charge is 0.481 e. The van der Waals surface area contributed by atoms with E-state index in [9.17, 15) is 14.0 Å². The molecule has 0 saturated carbocycles. The van der Waals surface area contributed by atoms with Crippen LogP contribution in [0.3, 0.4) is 0 Å². The molecule has 0 aromatic heterocycles. The van der Waals surface area contributed by atoms with Gasteiger partial charge in [0.25, 0.3) is 5.91 Å². The molecule has 1 amide bonds. The Labute approximate surface area is 112 Å². The summed E-state index contributed by atoms with van der Waals surface area (Å²) in [6.07, 6.45) is -0.0207. The molecule has 4 nitrogen and oxygen atoms in total. The summed E-state index contributed by atoms with van der Waals surface area (Å²) in [6, 6.07) is 3.88. The SMILES string of the molecule is CC(CNC(=O)c1cc(F)cc(Br)c1)CC(=O)O. The first kappa shape index (κ1) is 14.6. The Morgan fingerprint density at radius 1 is 1.44 bits per heavy atom. The number of rotatable bonds is 5. The van der Waals surface area contributed by atoms with Gasteiger partial charge in [-0.2, -0.15) is 0 Å². The number of hydrogen-bond donors (Lipinski definition) is 2. The number of halogens is 2. The number of carbonyl (C=O) groups excluding carboxylic acids is 1. The molecule has 0 aliphatic rings. The van der Waals surface area contributed by atoms with Gasteiger partial charge in [-0.05, 0) is 24.1 Å². The third-order valence-corrected chi connectivity index (χ3v) is 2.72. The fraction of sp³-hybridized carbons (Fsp3) is 0.333. The van der Waals surface area contributed by atoms with Gasteiger partial charge in [-0.3, -0.25) is 9.59 Å². The fourth-order valence-electron chi connectivity index (χ4n) is 1.42. The van der Waals surface area contributed by atoms with E-state index < -0.39 is 17.7 Å². The van der Waals surface area contributed by atoms with Crippen molar-refractivity contribution < 1.29 is 19.1 Å². The van der Waals surface area contributed by atoms with Crippen molar-refractivity contribution in [3.8, 4) is 0 Å². The average Bonchev–Trinajstić information content (AvgIpc) is 2.23. The molecule has 0 bridgehead atoms. The topological polar surface area (TPSA) is 66.4 Å². The second-order valence-electron chi connectivity index (χ2n) is 4.07. The highest BCUT2D eigenvalue weighted by molar-refractivity contribution is 9.10. The van der Waals surface area contributed by atoms with E-state index >= 15 is 0 Å². The predicted octanol–water partition coefficient (Wildman–Crippen LogP) is 2.43. The Hall–Kier alpha value is -1.43. The van der Waals surface area contributed by atoms with Gasteiger partial charge in [0.2, 0.25) is 0 Å². The van der Waals surface area contributed by atoms with Crippen LogP contribution in [0.1, 0.15) is 23.7 Å². The lowest BCUT2D eigenvalue weighted by atomic mass is 10.1. The molecule has 1 rings (SSSR count). The summed E-state index contributed by atoms with van der Waals surface area (Å²) in [4.78, 5) is 22.1. The summed E-state index contributed by atoms with van der Waals surface area (Å²) in [5.74, 6) is -2.02. The Morgan fingerprint density at radius 3 is 2.67 bits per heavy atom. The van der Waals surface area contributed by atoms with E-state index in [1.807, 2.05) is 0 Å². The third kappa shape index (κ3) is 4.83. The van der Waals surface area contributed by atoms with Crippen molar-refractivity contribution in [1.29, 1.82) is 0 Å². The zero-order chi connectivity index (χ0) is 13.7. The van der Waals surface area contributed by atoms with Gasteiger partial charge >= 0.3 is 5.97 Å². The predicted molar refractivity (Wildman–Crippen MR) is 67.9 cm³/mol. The lowest BCUT2D eigenvalue weighted by Gasteiger charge is -2.10. The normalized spacial score (nSPS) is 11.9. The van der Waals surface area contributed by atoms with Gasteiger partial charge in [0.05, 0.1) is 0 Å². The molecule has 0 fully saturated rings. The standard InChI is InChI=1S/C12H13BrFNO3/c1-7(2-11(16)17)6-15-12(18)8-3-9(13)5-10(14)4-8/h3-5,7H,2,6H2,1H3,(H,15,18)(H,16,17). The highest BCUT2D eigenvalue weighted by atomic mass is 79.9. The lowest BCUT2D eigenvalue weighted by molar-refractivity contribution is -0.137. The highest BCUT2D eigenvalue weighted by Gasteiger charge is 2.11. The molecule has 98 valence electrons. The molecular formula is C12H13BrFNO3. The first-order chi connectivity index (χ1) is 8.38. The molecule has 0 saturated heterocycles. The quantitative estimate of drug-likeness (QED) is 0.876. The minimum Gasteiger partial charge on any atom is -0.481 e. The van der Waals surface area contributed by atoms with E-state index in [1.165, 1.54) is 12.1 Å². The summed E-state index contributed by atoms with van der Waals surface area (Å²) >= 11 is 3.10. The van der Waals surface area contributed by atoms with Crippen LogP contribution < -0.4 is 5.32 Å². The van der Waals surface area contributed by atoms with Gasteiger partial charge in [-0.1, -0.05) is 22.9 Å². The Kier molecular flexibility index (Phi) is 5.27. The summed E-state index contributed by atoms with van der Waals surface area (Å²) in [5.41, 5.74) is 0.199. The van der Waals surface area contributed by atoms with Crippen molar-refractivity contribution in [3.63, 3.8) is 0 Å². The van der Waals surface area contributed by atoms with Crippen molar-refractivity contribution in [1.82, 2.24) is 5.32 Å². The molecule has 1 atom stereocenters. The Balaban J connectivity index is 2.57. The molecular weight excluding hydrogens is 305 g/mol. The van der Waals surface area contributed by atoms with Crippen molar-refractivity contribution in [2.75, 3.05) is 6.54 Å². The number of hydrogen-bond acceptors (Lipinski definition) is 2. The minimum atomic E-state index is -0.912. The molecule has 0 spiro atoms. The number of benzene rings is 1. The maximum absolute atomic E-state index is 13.1. The molecule has 0 radical (unpaired) electrons. The lowest BCUT2D eigenvalue weighted by Crippen LogP contribution is -2.29. The van der Waals surface area contributed by atoms with Crippen molar-refractivity contribution >= 4 is 27.8 Å². The average molecular weight is 318 g/mol. The van der Waals surface area contributed by atoms with Crippen LogP contribution in [0.25, 0.3) is 0 Å². The van der Waals surface area contributed by atoms with Crippen molar-refractivity contribution in [2.24, 2.45) is 5.92 Å².